The second kappa shape index (κ2) is 9.35. The minimum atomic E-state index is -0.913. The summed E-state index contributed by atoms with van der Waals surface area (Å²) in [6.07, 6.45) is -0.635. The zero-order valence-electron chi connectivity index (χ0n) is 17.6. The SMILES string of the molecule is Cc1ccc(-c2noc(CCC(=O)OC(C)C(=O)Nc3ccc(C)cc3C)n2)cc1. The summed E-state index contributed by atoms with van der Waals surface area (Å²) in [4.78, 5) is 28.7. The van der Waals surface area contributed by atoms with E-state index < -0.39 is 12.1 Å². The van der Waals surface area contributed by atoms with E-state index in [1.807, 2.05) is 63.2 Å². The molecule has 0 aliphatic heterocycles. The van der Waals surface area contributed by atoms with Gasteiger partial charge in [0.15, 0.2) is 6.10 Å². The monoisotopic (exact) mass is 407 g/mol. The molecule has 1 atom stereocenters. The number of carbonyl (C=O) groups excluding carboxylic acids is 2. The van der Waals surface area contributed by atoms with Crippen molar-refractivity contribution in [1.29, 1.82) is 0 Å². The number of hydrogen-bond acceptors (Lipinski definition) is 6. The standard InChI is InChI=1S/C23H25N3O4/c1-14-5-8-18(9-6-14)22-25-20(30-26-22)11-12-21(27)29-17(4)23(28)24-19-10-7-15(2)13-16(19)3/h5-10,13,17H,11-12H2,1-4H3,(H,24,28). The summed E-state index contributed by atoms with van der Waals surface area (Å²) >= 11 is 0. The Hall–Kier alpha value is -3.48. The number of esters is 1. The minimum Gasteiger partial charge on any atom is -0.453 e. The Morgan fingerprint density at radius 1 is 1.07 bits per heavy atom. The van der Waals surface area contributed by atoms with Crippen molar-refractivity contribution in [2.24, 2.45) is 0 Å². The maximum Gasteiger partial charge on any atom is 0.307 e. The van der Waals surface area contributed by atoms with Crippen LogP contribution in [0.2, 0.25) is 0 Å². The van der Waals surface area contributed by atoms with Gasteiger partial charge in [0.1, 0.15) is 0 Å². The maximum atomic E-state index is 12.3. The molecule has 30 heavy (non-hydrogen) atoms. The zero-order chi connectivity index (χ0) is 21.7. The van der Waals surface area contributed by atoms with Gasteiger partial charge in [0.05, 0.1) is 6.42 Å². The number of carbonyl (C=O) groups is 2. The van der Waals surface area contributed by atoms with Crippen molar-refractivity contribution in [2.45, 2.75) is 46.6 Å². The molecule has 1 N–H and O–H groups in total. The molecule has 2 aromatic carbocycles. The molecule has 1 unspecified atom stereocenters. The summed E-state index contributed by atoms with van der Waals surface area (Å²) in [5.41, 5.74) is 4.73. The predicted octanol–water partition coefficient (Wildman–Crippen LogP) is 4.16. The zero-order valence-corrected chi connectivity index (χ0v) is 17.6. The van der Waals surface area contributed by atoms with Gasteiger partial charge in [-0.3, -0.25) is 9.59 Å². The quantitative estimate of drug-likeness (QED) is 0.591. The first-order valence-corrected chi connectivity index (χ1v) is 9.79. The lowest BCUT2D eigenvalue weighted by molar-refractivity contribution is -0.153. The third-order valence-electron chi connectivity index (χ3n) is 4.64. The number of aromatic nitrogens is 2. The fourth-order valence-corrected chi connectivity index (χ4v) is 2.88. The van der Waals surface area contributed by atoms with Crippen LogP contribution in [-0.4, -0.2) is 28.1 Å². The number of aryl methyl sites for hydroxylation is 4. The highest BCUT2D eigenvalue weighted by atomic mass is 16.5. The number of nitrogens with zero attached hydrogens (tertiary/aromatic N) is 2. The summed E-state index contributed by atoms with van der Waals surface area (Å²) in [6.45, 7) is 7.43. The highest BCUT2D eigenvalue weighted by Gasteiger charge is 2.19. The minimum absolute atomic E-state index is 0.0384. The predicted molar refractivity (Wildman–Crippen MR) is 113 cm³/mol. The Balaban J connectivity index is 1.49. The van der Waals surface area contributed by atoms with Crippen LogP contribution in [0.3, 0.4) is 0 Å². The van der Waals surface area contributed by atoms with E-state index in [0.29, 0.717) is 17.4 Å². The molecule has 3 rings (SSSR count). The van der Waals surface area contributed by atoms with Gasteiger partial charge >= 0.3 is 5.97 Å². The van der Waals surface area contributed by atoms with Crippen molar-refractivity contribution in [2.75, 3.05) is 5.32 Å². The number of ether oxygens (including phenoxy) is 1. The lowest BCUT2D eigenvalue weighted by atomic mass is 10.1. The second-order valence-corrected chi connectivity index (χ2v) is 7.32. The third-order valence-corrected chi connectivity index (χ3v) is 4.64. The van der Waals surface area contributed by atoms with Gasteiger partial charge in [-0.05, 0) is 39.3 Å². The molecule has 7 heteroatoms. The number of anilines is 1. The molecule has 0 radical (unpaired) electrons. The van der Waals surface area contributed by atoms with Crippen LogP contribution in [0.15, 0.2) is 47.0 Å². The lowest BCUT2D eigenvalue weighted by Crippen LogP contribution is -2.30. The van der Waals surface area contributed by atoms with E-state index >= 15 is 0 Å². The number of amides is 1. The smallest absolute Gasteiger partial charge is 0.307 e. The van der Waals surface area contributed by atoms with Crippen LogP contribution in [0.1, 0.15) is 35.9 Å². The van der Waals surface area contributed by atoms with Crippen molar-refractivity contribution < 1.29 is 18.8 Å². The molecule has 0 spiro atoms. The normalized spacial score (nSPS) is 11.7. The van der Waals surface area contributed by atoms with Crippen LogP contribution in [0, 0.1) is 20.8 Å². The highest BCUT2D eigenvalue weighted by molar-refractivity contribution is 5.95. The first-order valence-electron chi connectivity index (χ1n) is 9.79. The topological polar surface area (TPSA) is 94.3 Å². The van der Waals surface area contributed by atoms with Crippen LogP contribution in [-0.2, 0) is 20.7 Å². The largest absolute Gasteiger partial charge is 0.453 e. The summed E-state index contributed by atoms with van der Waals surface area (Å²) < 4.78 is 10.4. The van der Waals surface area contributed by atoms with E-state index in [4.69, 9.17) is 9.26 Å². The summed E-state index contributed by atoms with van der Waals surface area (Å²) in [7, 11) is 0. The number of hydrogen-bond donors (Lipinski definition) is 1. The molecule has 0 aliphatic rings. The van der Waals surface area contributed by atoms with Gasteiger partial charge in [-0.15, -0.1) is 0 Å². The lowest BCUT2D eigenvalue weighted by Gasteiger charge is -2.14. The molecule has 0 aliphatic carbocycles. The molecular formula is C23H25N3O4. The third kappa shape index (κ3) is 5.53. The van der Waals surface area contributed by atoms with Crippen LogP contribution in [0.25, 0.3) is 11.4 Å². The first kappa shape index (κ1) is 21.2. The van der Waals surface area contributed by atoms with Crippen molar-refractivity contribution in [1.82, 2.24) is 10.1 Å². The number of rotatable bonds is 7. The summed E-state index contributed by atoms with van der Waals surface area (Å²) in [6, 6.07) is 13.5. The Labute approximate surface area is 175 Å². The molecule has 1 aromatic heterocycles. The maximum absolute atomic E-state index is 12.3. The van der Waals surface area contributed by atoms with Crippen LogP contribution in [0.5, 0.6) is 0 Å². The van der Waals surface area contributed by atoms with E-state index in [0.717, 1.165) is 22.3 Å². The van der Waals surface area contributed by atoms with Crippen molar-refractivity contribution in [3.63, 3.8) is 0 Å². The molecule has 1 heterocycles. The molecular weight excluding hydrogens is 382 g/mol. The van der Waals surface area contributed by atoms with E-state index in [1.54, 1.807) is 6.92 Å². The van der Waals surface area contributed by atoms with E-state index in [2.05, 4.69) is 15.5 Å². The van der Waals surface area contributed by atoms with Crippen LogP contribution in [0.4, 0.5) is 5.69 Å². The van der Waals surface area contributed by atoms with Crippen molar-refractivity contribution in [3.8, 4) is 11.4 Å². The summed E-state index contributed by atoms with van der Waals surface area (Å²) in [5.74, 6) is -0.0717. The van der Waals surface area contributed by atoms with Gasteiger partial charge in [-0.25, -0.2) is 0 Å². The summed E-state index contributed by atoms with van der Waals surface area (Å²) in [5, 5.41) is 6.73. The van der Waals surface area contributed by atoms with Crippen molar-refractivity contribution in [3.05, 3.63) is 65.0 Å². The van der Waals surface area contributed by atoms with Gasteiger partial charge in [0, 0.05) is 17.7 Å². The molecule has 0 saturated heterocycles. The Kier molecular flexibility index (Phi) is 6.61. The average Bonchev–Trinajstić information content (AvgIpc) is 3.18. The van der Waals surface area contributed by atoms with E-state index in [-0.39, 0.29) is 18.7 Å². The second-order valence-electron chi connectivity index (χ2n) is 7.32. The van der Waals surface area contributed by atoms with Gasteiger partial charge in [-0.2, -0.15) is 4.98 Å². The van der Waals surface area contributed by atoms with Gasteiger partial charge < -0.3 is 14.6 Å². The van der Waals surface area contributed by atoms with Crippen LogP contribution >= 0.6 is 0 Å². The fourth-order valence-electron chi connectivity index (χ4n) is 2.88. The van der Waals surface area contributed by atoms with Gasteiger partial charge in [0.2, 0.25) is 11.7 Å². The van der Waals surface area contributed by atoms with Gasteiger partial charge in [0.25, 0.3) is 5.91 Å². The molecule has 156 valence electrons. The molecule has 7 nitrogen and oxygen atoms in total. The number of nitrogens with one attached hydrogen (secondary N) is 1. The molecule has 0 bridgehead atoms. The van der Waals surface area contributed by atoms with E-state index in [1.165, 1.54) is 0 Å². The molecule has 0 fully saturated rings. The van der Waals surface area contributed by atoms with E-state index in [9.17, 15) is 9.59 Å². The average molecular weight is 407 g/mol. The number of benzene rings is 2. The van der Waals surface area contributed by atoms with Crippen LogP contribution < -0.4 is 5.32 Å². The molecule has 0 saturated carbocycles. The highest BCUT2D eigenvalue weighted by Crippen LogP contribution is 2.18. The van der Waals surface area contributed by atoms with Crippen molar-refractivity contribution >= 4 is 17.6 Å². The molecule has 3 aromatic rings. The Bertz CT molecular complexity index is 1040. The Morgan fingerprint density at radius 3 is 2.47 bits per heavy atom. The van der Waals surface area contributed by atoms with Gasteiger partial charge in [-0.1, -0.05) is 52.7 Å². The first-order chi connectivity index (χ1) is 14.3. The molecule has 1 amide bonds. The Morgan fingerprint density at radius 2 is 1.77 bits per heavy atom. The fraction of sp³-hybridized carbons (Fsp3) is 0.304.